The van der Waals surface area contributed by atoms with Gasteiger partial charge in [0.15, 0.2) is 4.77 Å². The van der Waals surface area contributed by atoms with Crippen molar-refractivity contribution in [2.24, 2.45) is 14.1 Å². The second-order valence-electron chi connectivity index (χ2n) is 2.75. The maximum atomic E-state index is 5.22. The fourth-order valence-corrected chi connectivity index (χ4v) is 1.65. The number of imidazole rings is 1. The van der Waals surface area contributed by atoms with Gasteiger partial charge in [0, 0.05) is 14.1 Å². The van der Waals surface area contributed by atoms with Crippen molar-refractivity contribution >= 4 is 24.4 Å². The summed E-state index contributed by atoms with van der Waals surface area (Å²) in [6, 6.07) is 0. The van der Waals surface area contributed by atoms with Crippen LogP contribution in [0.4, 0.5) is 0 Å². The summed E-state index contributed by atoms with van der Waals surface area (Å²) in [7, 11) is 3.98. The largest absolute Gasteiger partial charge is 0.320 e. The van der Waals surface area contributed by atoms with Crippen molar-refractivity contribution in [3.63, 3.8) is 0 Å². The zero-order chi connectivity index (χ0) is 9.30. The molecule has 1 rings (SSSR count). The maximum absolute atomic E-state index is 5.22. The van der Waals surface area contributed by atoms with Crippen LogP contribution >= 0.6 is 12.2 Å². The molecule has 3 heteroatoms. The first-order valence-electron chi connectivity index (χ1n) is 3.98. The third-order valence-corrected chi connectivity index (χ3v) is 2.65. The molecule has 0 aliphatic carbocycles. The average Bonchev–Trinajstić information content (AvgIpc) is 2.29. The molecular formula is C9H14N2S. The van der Waals surface area contributed by atoms with Crippen LogP contribution in [0.15, 0.2) is 0 Å². The first-order valence-corrected chi connectivity index (χ1v) is 4.38. The molecule has 0 aromatic carbocycles. The van der Waals surface area contributed by atoms with Crippen LogP contribution in [0.25, 0.3) is 12.2 Å². The molecular weight excluding hydrogens is 168 g/mol. The molecule has 0 spiro atoms. The maximum Gasteiger partial charge on any atom is 0.180 e. The molecule has 0 bridgehead atoms. The molecule has 0 N–H and O–H groups in total. The highest BCUT2D eigenvalue weighted by atomic mass is 32.1. The van der Waals surface area contributed by atoms with Gasteiger partial charge in [-0.25, -0.2) is 0 Å². The van der Waals surface area contributed by atoms with E-state index < -0.39 is 0 Å². The molecule has 1 heterocycles. The van der Waals surface area contributed by atoms with Crippen molar-refractivity contribution < 1.29 is 0 Å². The summed E-state index contributed by atoms with van der Waals surface area (Å²) in [5.74, 6) is 0. The topological polar surface area (TPSA) is 9.86 Å². The zero-order valence-electron chi connectivity index (χ0n) is 7.96. The minimum Gasteiger partial charge on any atom is -0.320 e. The van der Waals surface area contributed by atoms with E-state index in [1.807, 2.05) is 37.1 Å². The third-order valence-electron chi connectivity index (χ3n) is 2.11. The van der Waals surface area contributed by atoms with Gasteiger partial charge in [0.1, 0.15) is 0 Å². The molecule has 0 amide bonds. The Bertz CT molecular complexity index is 408. The lowest BCUT2D eigenvalue weighted by atomic mass is 10.4. The summed E-state index contributed by atoms with van der Waals surface area (Å²) in [5, 5.41) is 2.37. The standard InChI is InChI=1S/C9H14N2S/c1-5-7-8(6-2)11(4)9(12)10(7)3/h5-6H,1-4H3/b7-5+,8-6+. The normalized spacial score (nSPS) is 14.3. The van der Waals surface area contributed by atoms with Gasteiger partial charge in [-0.1, -0.05) is 12.2 Å². The highest BCUT2D eigenvalue weighted by molar-refractivity contribution is 7.71. The fraction of sp³-hybridized carbons (Fsp3) is 0.444. The molecule has 1 aromatic heterocycles. The van der Waals surface area contributed by atoms with E-state index in [2.05, 4.69) is 12.2 Å². The van der Waals surface area contributed by atoms with Gasteiger partial charge in [-0.05, 0) is 26.1 Å². The molecule has 0 saturated heterocycles. The van der Waals surface area contributed by atoms with Gasteiger partial charge in [0.2, 0.25) is 0 Å². The van der Waals surface area contributed by atoms with Gasteiger partial charge in [-0.15, -0.1) is 0 Å². The Labute approximate surface area is 77.4 Å². The van der Waals surface area contributed by atoms with Gasteiger partial charge >= 0.3 is 0 Å². The Kier molecular flexibility index (Phi) is 2.52. The van der Waals surface area contributed by atoms with Crippen molar-refractivity contribution in [1.29, 1.82) is 0 Å². The Balaban J connectivity index is 3.96. The number of hydrogen-bond donors (Lipinski definition) is 0. The quantitative estimate of drug-likeness (QED) is 0.537. The SMILES string of the molecule is C/C=c1\c(=C/C)n(C)c(=S)n1C. The predicted molar refractivity (Wildman–Crippen MR) is 54.7 cm³/mol. The van der Waals surface area contributed by atoms with Gasteiger partial charge in [-0.3, -0.25) is 0 Å². The lowest BCUT2D eigenvalue weighted by molar-refractivity contribution is 0.798. The molecule has 0 unspecified atom stereocenters. The van der Waals surface area contributed by atoms with Crippen molar-refractivity contribution in [2.45, 2.75) is 13.8 Å². The molecule has 12 heavy (non-hydrogen) atoms. The average molecular weight is 182 g/mol. The molecule has 2 nitrogen and oxygen atoms in total. The van der Waals surface area contributed by atoms with Gasteiger partial charge in [0.05, 0.1) is 10.7 Å². The van der Waals surface area contributed by atoms with Crippen molar-refractivity contribution in [3.05, 3.63) is 15.5 Å². The van der Waals surface area contributed by atoms with E-state index in [-0.39, 0.29) is 0 Å². The van der Waals surface area contributed by atoms with E-state index in [9.17, 15) is 0 Å². The highest BCUT2D eigenvalue weighted by Crippen LogP contribution is 1.79. The molecule has 0 fully saturated rings. The molecule has 1 aromatic rings. The third kappa shape index (κ3) is 1.14. The first-order chi connectivity index (χ1) is 5.63. The van der Waals surface area contributed by atoms with E-state index >= 15 is 0 Å². The summed E-state index contributed by atoms with van der Waals surface area (Å²) in [6.07, 6.45) is 4.15. The Hall–Kier alpha value is -0.830. The van der Waals surface area contributed by atoms with Crippen LogP contribution in [-0.4, -0.2) is 9.13 Å². The highest BCUT2D eigenvalue weighted by Gasteiger charge is 1.96. The van der Waals surface area contributed by atoms with Crippen LogP contribution in [0.5, 0.6) is 0 Å². The number of hydrogen-bond acceptors (Lipinski definition) is 1. The molecule has 0 radical (unpaired) electrons. The first kappa shape index (κ1) is 9.26. The molecule has 0 aliphatic rings. The summed E-state index contributed by atoms with van der Waals surface area (Å²) in [4.78, 5) is 0. The number of nitrogens with zero attached hydrogens (tertiary/aromatic N) is 2. The van der Waals surface area contributed by atoms with E-state index in [1.54, 1.807) is 0 Å². The number of rotatable bonds is 0. The van der Waals surface area contributed by atoms with Crippen LogP contribution < -0.4 is 10.7 Å². The molecule has 66 valence electrons. The van der Waals surface area contributed by atoms with Crippen LogP contribution in [0.2, 0.25) is 0 Å². The second-order valence-corrected chi connectivity index (χ2v) is 3.11. The van der Waals surface area contributed by atoms with Gasteiger partial charge < -0.3 is 9.13 Å². The fourth-order valence-electron chi connectivity index (χ4n) is 1.46. The minimum atomic E-state index is 0.858. The van der Waals surface area contributed by atoms with E-state index in [1.165, 1.54) is 10.7 Å². The lowest BCUT2D eigenvalue weighted by Gasteiger charge is -1.88. The summed E-state index contributed by atoms with van der Waals surface area (Å²) in [5.41, 5.74) is 0. The van der Waals surface area contributed by atoms with E-state index in [4.69, 9.17) is 12.2 Å². The second kappa shape index (κ2) is 3.27. The van der Waals surface area contributed by atoms with Crippen LogP contribution in [-0.2, 0) is 14.1 Å². The summed E-state index contributed by atoms with van der Waals surface area (Å²) < 4.78 is 4.89. The monoisotopic (exact) mass is 182 g/mol. The Morgan fingerprint density at radius 2 is 1.33 bits per heavy atom. The minimum absolute atomic E-state index is 0.858. The summed E-state index contributed by atoms with van der Waals surface area (Å²) in [6.45, 7) is 4.05. The van der Waals surface area contributed by atoms with Crippen molar-refractivity contribution in [1.82, 2.24) is 9.13 Å². The van der Waals surface area contributed by atoms with E-state index in [0.717, 1.165) is 4.77 Å². The summed E-state index contributed by atoms with van der Waals surface area (Å²) >= 11 is 5.22. The Morgan fingerprint density at radius 1 is 1.00 bits per heavy atom. The van der Waals surface area contributed by atoms with Crippen LogP contribution in [0.3, 0.4) is 0 Å². The van der Waals surface area contributed by atoms with Crippen molar-refractivity contribution in [3.8, 4) is 0 Å². The van der Waals surface area contributed by atoms with Gasteiger partial charge in [0.25, 0.3) is 0 Å². The smallest absolute Gasteiger partial charge is 0.180 e. The van der Waals surface area contributed by atoms with Crippen molar-refractivity contribution in [2.75, 3.05) is 0 Å². The van der Waals surface area contributed by atoms with E-state index in [0.29, 0.717) is 0 Å². The molecule has 0 aliphatic heterocycles. The van der Waals surface area contributed by atoms with Crippen LogP contribution in [0.1, 0.15) is 13.8 Å². The van der Waals surface area contributed by atoms with Crippen LogP contribution in [0, 0.1) is 4.77 Å². The van der Waals surface area contributed by atoms with Gasteiger partial charge in [-0.2, -0.15) is 0 Å². The zero-order valence-corrected chi connectivity index (χ0v) is 8.77. The molecule has 0 saturated carbocycles. The number of aromatic nitrogens is 2. The Morgan fingerprint density at radius 3 is 1.58 bits per heavy atom. The molecule has 0 atom stereocenters. The predicted octanol–water partition coefficient (Wildman–Crippen LogP) is 0.694. The lowest BCUT2D eigenvalue weighted by Crippen LogP contribution is -2.30.